The van der Waals surface area contributed by atoms with Gasteiger partial charge in [-0.25, -0.2) is 4.98 Å². The maximum atomic E-state index is 12.7. The molecule has 0 unspecified atom stereocenters. The molecule has 0 fully saturated rings. The summed E-state index contributed by atoms with van der Waals surface area (Å²) in [7, 11) is 0. The predicted octanol–water partition coefficient (Wildman–Crippen LogP) is 4.25. The normalized spacial score (nSPS) is 11.9. The second-order valence-electron chi connectivity index (χ2n) is 4.18. The smallest absolute Gasteiger partial charge is 0.346 e. The van der Waals surface area contributed by atoms with Gasteiger partial charge < -0.3 is 4.98 Å². The first-order valence-corrected chi connectivity index (χ1v) is 5.65. The van der Waals surface area contributed by atoms with E-state index in [-0.39, 0.29) is 0 Å². The van der Waals surface area contributed by atoms with Gasteiger partial charge in [0.15, 0.2) is 0 Å². The molecule has 2 aromatic heterocycles. The molecular formula is C14H9F3N2. The number of halogens is 3. The van der Waals surface area contributed by atoms with Crippen molar-refractivity contribution in [2.45, 2.75) is 6.18 Å². The van der Waals surface area contributed by atoms with Crippen LogP contribution >= 0.6 is 0 Å². The lowest BCUT2D eigenvalue weighted by atomic mass is 10.0. The Balaban J connectivity index is 2.17. The third-order valence-corrected chi connectivity index (χ3v) is 2.95. The number of H-pyrrole nitrogens is 1. The molecule has 3 aromatic rings. The molecule has 96 valence electrons. The van der Waals surface area contributed by atoms with Crippen LogP contribution in [0.25, 0.3) is 22.2 Å². The third-order valence-electron chi connectivity index (χ3n) is 2.95. The summed E-state index contributed by atoms with van der Waals surface area (Å²) in [6.45, 7) is 0. The standard InChI is InChI=1S/C14H9F3N2/c15-14(16,17)10-4-1-3-9(7-10)12-8-19-13-11(12)5-2-6-18-13/h1-8H,(H,18,19). The minimum atomic E-state index is -4.33. The molecule has 2 nitrogen and oxygen atoms in total. The summed E-state index contributed by atoms with van der Waals surface area (Å²) in [5, 5.41) is 0.807. The van der Waals surface area contributed by atoms with Crippen LogP contribution in [0.5, 0.6) is 0 Å². The van der Waals surface area contributed by atoms with Crippen LogP contribution in [0.2, 0.25) is 0 Å². The fourth-order valence-corrected chi connectivity index (χ4v) is 2.06. The third kappa shape index (κ3) is 2.07. The van der Waals surface area contributed by atoms with E-state index in [1.165, 1.54) is 6.07 Å². The highest BCUT2D eigenvalue weighted by Crippen LogP contribution is 2.34. The van der Waals surface area contributed by atoms with E-state index in [4.69, 9.17) is 0 Å². The molecule has 1 aromatic carbocycles. The van der Waals surface area contributed by atoms with Crippen molar-refractivity contribution in [2.24, 2.45) is 0 Å². The highest BCUT2D eigenvalue weighted by molar-refractivity contribution is 5.93. The monoisotopic (exact) mass is 262 g/mol. The number of benzene rings is 1. The van der Waals surface area contributed by atoms with Crippen molar-refractivity contribution in [3.05, 3.63) is 54.4 Å². The van der Waals surface area contributed by atoms with Gasteiger partial charge in [0.1, 0.15) is 5.65 Å². The lowest BCUT2D eigenvalue weighted by Gasteiger charge is -2.08. The predicted molar refractivity (Wildman–Crippen MR) is 66.5 cm³/mol. The molecule has 0 aliphatic heterocycles. The SMILES string of the molecule is FC(F)(F)c1cccc(-c2c[nH]c3ncccc23)c1. The van der Waals surface area contributed by atoms with Crippen LogP contribution in [0, 0.1) is 0 Å². The van der Waals surface area contributed by atoms with Crippen molar-refractivity contribution in [3.8, 4) is 11.1 Å². The van der Waals surface area contributed by atoms with Crippen molar-refractivity contribution in [2.75, 3.05) is 0 Å². The van der Waals surface area contributed by atoms with Crippen LogP contribution in [0.4, 0.5) is 13.2 Å². The molecule has 0 saturated heterocycles. The Labute approximate surface area is 106 Å². The number of alkyl halides is 3. The summed E-state index contributed by atoms with van der Waals surface area (Å²) >= 11 is 0. The summed E-state index contributed by atoms with van der Waals surface area (Å²) in [5.41, 5.74) is 1.25. The van der Waals surface area contributed by atoms with E-state index in [0.29, 0.717) is 16.8 Å². The van der Waals surface area contributed by atoms with Gasteiger partial charge in [-0.2, -0.15) is 13.2 Å². The number of nitrogens with one attached hydrogen (secondary N) is 1. The van der Waals surface area contributed by atoms with E-state index in [1.807, 2.05) is 6.07 Å². The second-order valence-corrected chi connectivity index (χ2v) is 4.18. The van der Waals surface area contributed by atoms with Crippen molar-refractivity contribution in [3.63, 3.8) is 0 Å². The second kappa shape index (κ2) is 4.12. The molecule has 1 N–H and O–H groups in total. The fourth-order valence-electron chi connectivity index (χ4n) is 2.06. The molecule has 5 heteroatoms. The lowest BCUT2D eigenvalue weighted by molar-refractivity contribution is -0.137. The molecule has 0 spiro atoms. The van der Waals surface area contributed by atoms with Gasteiger partial charge in [-0.05, 0) is 29.8 Å². The summed E-state index contributed by atoms with van der Waals surface area (Å²) in [4.78, 5) is 7.07. The quantitative estimate of drug-likeness (QED) is 0.697. The maximum absolute atomic E-state index is 12.7. The molecule has 3 rings (SSSR count). The summed E-state index contributed by atoms with van der Waals surface area (Å²) in [6.07, 6.45) is -1.03. The first kappa shape index (κ1) is 11.8. The van der Waals surface area contributed by atoms with Gasteiger partial charge in [0.25, 0.3) is 0 Å². The van der Waals surface area contributed by atoms with Crippen molar-refractivity contribution < 1.29 is 13.2 Å². The van der Waals surface area contributed by atoms with Crippen LogP contribution in [0.15, 0.2) is 48.8 Å². The van der Waals surface area contributed by atoms with Crippen molar-refractivity contribution >= 4 is 11.0 Å². The summed E-state index contributed by atoms with van der Waals surface area (Å²) in [6, 6.07) is 8.87. The molecule has 0 saturated carbocycles. The topological polar surface area (TPSA) is 28.7 Å². The molecule has 19 heavy (non-hydrogen) atoms. The van der Waals surface area contributed by atoms with Crippen LogP contribution < -0.4 is 0 Å². The Morgan fingerprint density at radius 3 is 2.68 bits per heavy atom. The zero-order valence-corrected chi connectivity index (χ0v) is 9.70. The Morgan fingerprint density at radius 1 is 1.05 bits per heavy atom. The molecule has 2 heterocycles. The van der Waals surface area contributed by atoms with Gasteiger partial charge in [0, 0.05) is 23.3 Å². The lowest BCUT2D eigenvalue weighted by Crippen LogP contribution is -2.04. The molecular weight excluding hydrogens is 253 g/mol. The average molecular weight is 262 g/mol. The van der Waals surface area contributed by atoms with Gasteiger partial charge in [-0.3, -0.25) is 0 Å². The fraction of sp³-hybridized carbons (Fsp3) is 0.0714. The number of aromatic amines is 1. The first-order chi connectivity index (χ1) is 9.05. The Morgan fingerprint density at radius 2 is 1.89 bits per heavy atom. The minimum Gasteiger partial charge on any atom is -0.346 e. The van der Waals surface area contributed by atoms with Gasteiger partial charge in [0.05, 0.1) is 5.56 Å². The number of aromatic nitrogens is 2. The van der Waals surface area contributed by atoms with Crippen LogP contribution in [-0.2, 0) is 6.18 Å². The van der Waals surface area contributed by atoms with E-state index in [2.05, 4.69) is 9.97 Å². The summed E-state index contributed by atoms with van der Waals surface area (Å²) in [5.74, 6) is 0. The summed E-state index contributed by atoms with van der Waals surface area (Å²) < 4.78 is 38.1. The van der Waals surface area contributed by atoms with E-state index < -0.39 is 11.7 Å². The van der Waals surface area contributed by atoms with Gasteiger partial charge in [0.2, 0.25) is 0 Å². The molecule has 0 atom stereocenters. The van der Waals surface area contributed by atoms with Crippen molar-refractivity contribution in [1.82, 2.24) is 9.97 Å². The number of fused-ring (bicyclic) bond motifs is 1. The highest BCUT2D eigenvalue weighted by atomic mass is 19.4. The van der Waals surface area contributed by atoms with Crippen LogP contribution in [0.1, 0.15) is 5.56 Å². The minimum absolute atomic E-state index is 0.522. The zero-order chi connectivity index (χ0) is 13.5. The number of hydrogen-bond acceptors (Lipinski definition) is 1. The Bertz CT molecular complexity index is 729. The Hall–Kier alpha value is -2.30. The maximum Gasteiger partial charge on any atom is 0.416 e. The van der Waals surface area contributed by atoms with Gasteiger partial charge in [-0.1, -0.05) is 12.1 Å². The molecule has 0 aliphatic carbocycles. The molecule has 0 bridgehead atoms. The zero-order valence-electron chi connectivity index (χ0n) is 9.70. The van der Waals surface area contributed by atoms with E-state index in [0.717, 1.165) is 17.5 Å². The van der Waals surface area contributed by atoms with E-state index in [1.54, 1.807) is 24.5 Å². The van der Waals surface area contributed by atoms with Gasteiger partial charge >= 0.3 is 6.18 Å². The Kier molecular flexibility index (Phi) is 2.55. The van der Waals surface area contributed by atoms with Crippen LogP contribution in [0.3, 0.4) is 0 Å². The van der Waals surface area contributed by atoms with E-state index >= 15 is 0 Å². The first-order valence-electron chi connectivity index (χ1n) is 5.65. The molecule has 0 radical (unpaired) electrons. The molecule has 0 aliphatic rings. The molecule has 0 amide bonds. The van der Waals surface area contributed by atoms with E-state index in [9.17, 15) is 13.2 Å². The largest absolute Gasteiger partial charge is 0.416 e. The number of pyridine rings is 1. The van der Waals surface area contributed by atoms with Gasteiger partial charge in [-0.15, -0.1) is 0 Å². The number of nitrogens with zero attached hydrogens (tertiary/aromatic N) is 1. The number of rotatable bonds is 1. The average Bonchev–Trinajstić information content (AvgIpc) is 2.82. The van der Waals surface area contributed by atoms with Crippen molar-refractivity contribution in [1.29, 1.82) is 0 Å². The highest BCUT2D eigenvalue weighted by Gasteiger charge is 2.30. The van der Waals surface area contributed by atoms with Crippen LogP contribution in [-0.4, -0.2) is 9.97 Å². The number of hydrogen-bond donors (Lipinski definition) is 1.